The molecule has 0 radical (unpaired) electrons. The van der Waals surface area contributed by atoms with Crippen molar-refractivity contribution in [2.45, 2.75) is 39.5 Å². The Morgan fingerprint density at radius 2 is 2.06 bits per heavy atom. The highest BCUT2D eigenvalue weighted by Crippen LogP contribution is 2.11. The van der Waals surface area contributed by atoms with Crippen molar-refractivity contribution in [2.24, 2.45) is 0 Å². The zero-order valence-electron chi connectivity index (χ0n) is 11.5. The van der Waals surface area contributed by atoms with Crippen molar-refractivity contribution >= 4 is 11.6 Å². The van der Waals surface area contributed by atoms with Gasteiger partial charge < -0.3 is 10.1 Å². The van der Waals surface area contributed by atoms with Gasteiger partial charge in [0.15, 0.2) is 5.88 Å². The molecule has 0 saturated heterocycles. The standard InChI is InChI=1S/C15H24ClNO/c1-5-8-9-12-18-13(4)17-15(10-11-16)14(6-2)7-3/h6,10-11,17H,2,4-5,7-9,12H2,1,3H3/b11-10+,15-14-. The highest BCUT2D eigenvalue weighted by molar-refractivity contribution is 6.25. The topological polar surface area (TPSA) is 21.3 Å². The summed E-state index contributed by atoms with van der Waals surface area (Å²) < 4.78 is 5.51. The molecule has 3 heteroatoms. The van der Waals surface area contributed by atoms with E-state index in [9.17, 15) is 0 Å². The molecule has 0 rings (SSSR count). The second kappa shape index (κ2) is 11.0. The SMILES string of the molecule is C=C/C(CC)=C(\C=C\Cl)NC(=C)OCCCCC. The van der Waals surface area contributed by atoms with Crippen LogP contribution in [0.25, 0.3) is 0 Å². The van der Waals surface area contributed by atoms with Gasteiger partial charge in [-0.1, -0.05) is 50.9 Å². The van der Waals surface area contributed by atoms with Gasteiger partial charge in [-0.15, -0.1) is 0 Å². The number of ether oxygens (including phenoxy) is 1. The van der Waals surface area contributed by atoms with Crippen molar-refractivity contribution in [2.75, 3.05) is 6.61 Å². The number of nitrogens with one attached hydrogen (secondary N) is 1. The molecule has 0 aliphatic heterocycles. The van der Waals surface area contributed by atoms with E-state index in [1.165, 1.54) is 18.4 Å². The molecule has 18 heavy (non-hydrogen) atoms. The molecule has 0 spiro atoms. The van der Waals surface area contributed by atoms with Crippen molar-refractivity contribution < 1.29 is 4.74 Å². The Labute approximate surface area is 116 Å². The van der Waals surface area contributed by atoms with E-state index in [0.717, 1.165) is 24.1 Å². The van der Waals surface area contributed by atoms with Crippen LogP contribution in [-0.4, -0.2) is 6.61 Å². The molecule has 0 fully saturated rings. The Morgan fingerprint density at radius 3 is 2.56 bits per heavy atom. The van der Waals surface area contributed by atoms with Crippen LogP contribution in [0.4, 0.5) is 0 Å². The minimum Gasteiger partial charge on any atom is -0.479 e. The minimum absolute atomic E-state index is 0.545. The zero-order chi connectivity index (χ0) is 13.8. The second-order valence-corrected chi connectivity index (χ2v) is 4.14. The fraction of sp³-hybridized carbons (Fsp3) is 0.467. The molecule has 0 aromatic carbocycles. The summed E-state index contributed by atoms with van der Waals surface area (Å²) in [6.07, 6.45) is 7.86. The summed E-state index contributed by atoms with van der Waals surface area (Å²) in [7, 11) is 0. The predicted molar refractivity (Wildman–Crippen MR) is 80.3 cm³/mol. The van der Waals surface area contributed by atoms with E-state index in [2.05, 4.69) is 32.3 Å². The monoisotopic (exact) mass is 269 g/mol. The summed E-state index contributed by atoms with van der Waals surface area (Å²) in [4.78, 5) is 0. The van der Waals surface area contributed by atoms with Crippen LogP contribution in [0.2, 0.25) is 0 Å². The number of hydrogen-bond acceptors (Lipinski definition) is 2. The smallest absolute Gasteiger partial charge is 0.183 e. The summed E-state index contributed by atoms with van der Waals surface area (Å²) in [6.45, 7) is 12.5. The molecule has 0 unspecified atom stereocenters. The van der Waals surface area contributed by atoms with Crippen LogP contribution >= 0.6 is 11.6 Å². The molecule has 0 aliphatic rings. The van der Waals surface area contributed by atoms with Gasteiger partial charge in [0.25, 0.3) is 0 Å². The first-order valence-electron chi connectivity index (χ1n) is 6.40. The van der Waals surface area contributed by atoms with Crippen LogP contribution in [-0.2, 0) is 4.74 Å². The summed E-state index contributed by atoms with van der Waals surface area (Å²) in [5.41, 5.74) is 3.42. The first-order chi connectivity index (χ1) is 8.69. The number of hydrogen-bond donors (Lipinski definition) is 1. The maximum atomic E-state index is 5.62. The molecule has 0 aromatic heterocycles. The third-order valence-corrected chi connectivity index (χ3v) is 2.63. The molecule has 0 amide bonds. The van der Waals surface area contributed by atoms with Crippen LogP contribution in [0.3, 0.4) is 0 Å². The zero-order valence-corrected chi connectivity index (χ0v) is 12.2. The van der Waals surface area contributed by atoms with E-state index in [4.69, 9.17) is 16.3 Å². The van der Waals surface area contributed by atoms with Crippen LogP contribution in [0.15, 0.2) is 48.0 Å². The average Bonchev–Trinajstić information content (AvgIpc) is 2.36. The fourth-order valence-electron chi connectivity index (χ4n) is 1.47. The molecule has 0 aromatic rings. The van der Waals surface area contributed by atoms with Crippen LogP contribution in [0.5, 0.6) is 0 Å². The molecule has 1 N–H and O–H groups in total. The number of allylic oxidation sites excluding steroid dienone is 3. The lowest BCUT2D eigenvalue weighted by Crippen LogP contribution is -2.15. The van der Waals surface area contributed by atoms with Gasteiger partial charge >= 0.3 is 0 Å². The third-order valence-electron chi connectivity index (χ3n) is 2.50. The van der Waals surface area contributed by atoms with E-state index in [1.807, 2.05) is 6.08 Å². The van der Waals surface area contributed by atoms with Gasteiger partial charge in [0.05, 0.1) is 6.61 Å². The lowest BCUT2D eigenvalue weighted by molar-refractivity contribution is 0.192. The molecule has 0 atom stereocenters. The second-order valence-electron chi connectivity index (χ2n) is 3.89. The Balaban J connectivity index is 4.38. The van der Waals surface area contributed by atoms with E-state index < -0.39 is 0 Å². The van der Waals surface area contributed by atoms with Gasteiger partial charge in [-0.3, -0.25) is 0 Å². The molecule has 2 nitrogen and oxygen atoms in total. The van der Waals surface area contributed by atoms with Crippen LogP contribution in [0.1, 0.15) is 39.5 Å². The highest BCUT2D eigenvalue weighted by Gasteiger charge is 2.01. The van der Waals surface area contributed by atoms with Crippen molar-refractivity contribution in [3.8, 4) is 0 Å². The van der Waals surface area contributed by atoms with Gasteiger partial charge in [0, 0.05) is 11.2 Å². The van der Waals surface area contributed by atoms with Gasteiger partial charge in [-0.2, -0.15) is 0 Å². The van der Waals surface area contributed by atoms with Crippen molar-refractivity contribution in [3.05, 3.63) is 48.0 Å². The van der Waals surface area contributed by atoms with E-state index >= 15 is 0 Å². The van der Waals surface area contributed by atoms with Crippen molar-refractivity contribution in [3.63, 3.8) is 0 Å². The predicted octanol–water partition coefficient (Wildman–Crippen LogP) is 4.86. The Morgan fingerprint density at radius 1 is 1.33 bits per heavy atom. The van der Waals surface area contributed by atoms with Crippen LogP contribution < -0.4 is 5.32 Å². The van der Waals surface area contributed by atoms with E-state index in [1.54, 1.807) is 6.08 Å². The first kappa shape index (κ1) is 16.9. The lowest BCUT2D eigenvalue weighted by Gasteiger charge is -2.14. The summed E-state index contributed by atoms with van der Waals surface area (Å²) in [5, 5.41) is 3.12. The quantitative estimate of drug-likeness (QED) is 0.347. The third kappa shape index (κ3) is 7.23. The fourth-order valence-corrected chi connectivity index (χ4v) is 1.60. The number of halogens is 1. The van der Waals surface area contributed by atoms with Gasteiger partial charge in [-0.05, 0) is 31.1 Å². The van der Waals surface area contributed by atoms with Crippen LogP contribution in [0, 0.1) is 0 Å². The average molecular weight is 270 g/mol. The molecular formula is C15H24ClNO. The first-order valence-corrected chi connectivity index (χ1v) is 6.84. The van der Waals surface area contributed by atoms with Gasteiger partial charge in [-0.25, -0.2) is 0 Å². The normalized spacial score (nSPS) is 12.2. The van der Waals surface area contributed by atoms with Crippen molar-refractivity contribution in [1.29, 1.82) is 0 Å². The van der Waals surface area contributed by atoms with Crippen molar-refractivity contribution in [1.82, 2.24) is 5.32 Å². The summed E-state index contributed by atoms with van der Waals surface area (Å²) in [6, 6.07) is 0. The largest absolute Gasteiger partial charge is 0.479 e. The molecule has 0 aliphatic carbocycles. The van der Waals surface area contributed by atoms with E-state index in [-0.39, 0.29) is 0 Å². The Bertz CT molecular complexity index is 318. The maximum Gasteiger partial charge on any atom is 0.183 e. The lowest BCUT2D eigenvalue weighted by atomic mass is 10.1. The molecule has 0 heterocycles. The number of unbranched alkanes of at least 4 members (excludes halogenated alkanes) is 2. The van der Waals surface area contributed by atoms with Gasteiger partial charge in [0.1, 0.15) is 0 Å². The minimum atomic E-state index is 0.545. The molecule has 0 bridgehead atoms. The Kier molecular flexibility index (Phi) is 10.3. The summed E-state index contributed by atoms with van der Waals surface area (Å²) >= 11 is 5.62. The Hall–Kier alpha value is -1.15. The molecular weight excluding hydrogens is 246 g/mol. The highest BCUT2D eigenvalue weighted by atomic mass is 35.5. The maximum absolute atomic E-state index is 5.62. The van der Waals surface area contributed by atoms with Gasteiger partial charge in [0.2, 0.25) is 0 Å². The number of rotatable bonds is 10. The van der Waals surface area contributed by atoms with E-state index in [0.29, 0.717) is 12.5 Å². The molecule has 0 saturated carbocycles. The molecule has 102 valence electrons. The summed E-state index contributed by atoms with van der Waals surface area (Å²) in [5.74, 6) is 0.545.